The first-order chi connectivity index (χ1) is 10.2. The highest BCUT2D eigenvalue weighted by atomic mass is 16.5. The fourth-order valence-electron chi connectivity index (χ4n) is 1.96. The number of benzene rings is 2. The van der Waals surface area contributed by atoms with Crippen LogP contribution in [0.3, 0.4) is 0 Å². The number of rotatable bonds is 6. The van der Waals surface area contributed by atoms with Crippen LogP contribution in [0.25, 0.3) is 0 Å². The summed E-state index contributed by atoms with van der Waals surface area (Å²) in [6, 6.07) is 15.5. The first-order valence-electron chi connectivity index (χ1n) is 7.25. The number of hydrogen-bond donors (Lipinski definition) is 1. The van der Waals surface area contributed by atoms with Gasteiger partial charge in [-0.25, -0.2) is 0 Å². The molecule has 0 heterocycles. The summed E-state index contributed by atoms with van der Waals surface area (Å²) in [6.45, 7) is 5.07. The Labute approximate surface area is 126 Å². The van der Waals surface area contributed by atoms with Gasteiger partial charge in [-0.3, -0.25) is 4.79 Å². The minimum absolute atomic E-state index is 0.0695. The number of nitrogens with one attached hydrogen (secondary N) is 1. The second-order valence-corrected chi connectivity index (χ2v) is 4.97. The predicted octanol–water partition coefficient (Wildman–Crippen LogP) is 3.37. The van der Waals surface area contributed by atoms with E-state index in [2.05, 4.69) is 24.4 Å². The second-order valence-electron chi connectivity index (χ2n) is 4.97. The van der Waals surface area contributed by atoms with Gasteiger partial charge in [0, 0.05) is 5.56 Å². The molecule has 110 valence electrons. The zero-order chi connectivity index (χ0) is 15.1. The molecule has 0 saturated carbocycles. The van der Waals surface area contributed by atoms with Gasteiger partial charge in [0.2, 0.25) is 0 Å². The predicted molar refractivity (Wildman–Crippen MR) is 84.8 cm³/mol. The Kier molecular flexibility index (Phi) is 5.38. The maximum absolute atomic E-state index is 11.9. The fraction of sp³-hybridized carbons (Fsp3) is 0.278. The Morgan fingerprint density at radius 2 is 1.71 bits per heavy atom. The van der Waals surface area contributed by atoms with Gasteiger partial charge in [0.05, 0.1) is 6.54 Å². The van der Waals surface area contributed by atoms with Gasteiger partial charge in [-0.1, -0.05) is 36.8 Å². The lowest BCUT2D eigenvalue weighted by Gasteiger charge is -2.08. The summed E-state index contributed by atoms with van der Waals surface area (Å²) in [7, 11) is 0. The van der Waals surface area contributed by atoms with E-state index in [1.54, 1.807) is 0 Å². The van der Waals surface area contributed by atoms with Crippen molar-refractivity contribution < 1.29 is 9.53 Å². The molecule has 0 unspecified atom stereocenters. The van der Waals surface area contributed by atoms with Crippen molar-refractivity contribution in [3.63, 3.8) is 0 Å². The normalized spacial score (nSPS) is 10.2. The van der Waals surface area contributed by atoms with Crippen molar-refractivity contribution in [2.45, 2.75) is 20.3 Å². The molecule has 2 aromatic rings. The monoisotopic (exact) mass is 283 g/mol. The lowest BCUT2D eigenvalue weighted by Crippen LogP contribution is -2.28. The van der Waals surface area contributed by atoms with Crippen molar-refractivity contribution in [2.24, 2.45) is 0 Å². The molecule has 0 saturated heterocycles. The number of amides is 1. The van der Waals surface area contributed by atoms with Crippen LogP contribution in [0.2, 0.25) is 0 Å². The number of carbonyl (C=O) groups is 1. The molecule has 21 heavy (non-hydrogen) atoms. The molecule has 2 rings (SSSR count). The quantitative estimate of drug-likeness (QED) is 0.825. The third-order valence-electron chi connectivity index (χ3n) is 3.30. The summed E-state index contributed by atoms with van der Waals surface area (Å²) in [5.74, 6) is 0.761. The van der Waals surface area contributed by atoms with Crippen LogP contribution in [0.4, 0.5) is 0 Å². The van der Waals surface area contributed by atoms with Crippen LogP contribution in [-0.4, -0.2) is 19.1 Å². The summed E-state index contributed by atoms with van der Waals surface area (Å²) in [4.78, 5) is 11.9. The molecule has 0 spiro atoms. The van der Waals surface area contributed by atoms with Crippen molar-refractivity contribution in [1.82, 2.24) is 5.32 Å². The van der Waals surface area contributed by atoms with Gasteiger partial charge in [0.1, 0.15) is 12.4 Å². The van der Waals surface area contributed by atoms with Gasteiger partial charge in [-0.15, -0.1) is 0 Å². The summed E-state index contributed by atoms with van der Waals surface area (Å²) in [5, 5.41) is 2.85. The number of aryl methyl sites for hydroxylation is 2. The molecule has 2 aromatic carbocycles. The molecule has 3 heteroatoms. The summed E-state index contributed by atoms with van der Waals surface area (Å²) in [6.07, 6.45) is 1.02. The molecule has 1 amide bonds. The van der Waals surface area contributed by atoms with Gasteiger partial charge >= 0.3 is 0 Å². The highest BCUT2D eigenvalue weighted by Crippen LogP contribution is 2.12. The molecule has 0 radical (unpaired) electrons. The number of ether oxygens (including phenoxy) is 1. The van der Waals surface area contributed by atoms with Gasteiger partial charge < -0.3 is 10.1 Å². The highest BCUT2D eigenvalue weighted by molar-refractivity contribution is 5.94. The molecule has 0 aliphatic heterocycles. The lowest BCUT2D eigenvalue weighted by atomic mass is 10.1. The average molecular weight is 283 g/mol. The molecule has 0 atom stereocenters. The van der Waals surface area contributed by atoms with E-state index in [1.165, 1.54) is 5.56 Å². The largest absolute Gasteiger partial charge is 0.492 e. The van der Waals surface area contributed by atoms with E-state index in [1.807, 2.05) is 43.3 Å². The van der Waals surface area contributed by atoms with Crippen molar-refractivity contribution in [2.75, 3.05) is 13.2 Å². The molecule has 0 aliphatic rings. The number of hydrogen-bond acceptors (Lipinski definition) is 2. The molecule has 0 aromatic heterocycles. The van der Waals surface area contributed by atoms with Crippen LogP contribution < -0.4 is 10.1 Å². The number of carbonyl (C=O) groups excluding carboxylic acids is 1. The van der Waals surface area contributed by atoms with E-state index in [0.29, 0.717) is 18.7 Å². The molecular weight excluding hydrogens is 262 g/mol. The fourth-order valence-corrected chi connectivity index (χ4v) is 1.96. The van der Waals surface area contributed by atoms with Crippen LogP contribution >= 0.6 is 0 Å². The average Bonchev–Trinajstić information content (AvgIpc) is 2.52. The maximum atomic E-state index is 11.9. The topological polar surface area (TPSA) is 38.3 Å². The Morgan fingerprint density at radius 1 is 1.05 bits per heavy atom. The van der Waals surface area contributed by atoms with E-state index in [0.717, 1.165) is 17.7 Å². The maximum Gasteiger partial charge on any atom is 0.251 e. The molecule has 1 N–H and O–H groups in total. The van der Waals surface area contributed by atoms with Crippen LogP contribution in [0.1, 0.15) is 28.4 Å². The third kappa shape index (κ3) is 4.63. The highest BCUT2D eigenvalue weighted by Gasteiger charge is 2.03. The van der Waals surface area contributed by atoms with Crippen molar-refractivity contribution in [3.05, 3.63) is 65.2 Å². The van der Waals surface area contributed by atoms with Crippen LogP contribution in [0, 0.1) is 6.92 Å². The zero-order valence-electron chi connectivity index (χ0n) is 12.6. The Hall–Kier alpha value is -2.29. The molecular formula is C18H21NO2. The van der Waals surface area contributed by atoms with Gasteiger partial charge in [0.25, 0.3) is 5.91 Å². The smallest absolute Gasteiger partial charge is 0.251 e. The van der Waals surface area contributed by atoms with E-state index in [-0.39, 0.29) is 5.91 Å². The van der Waals surface area contributed by atoms with Crippen LogP contribution in [0.5, 0.6) is 5.75 Å². The minimum atomic E-state index is -0.0695. The van der Waals surface area contributed by atoms with Crippen LogP contribution in [0.15, 0.2) is 48.5 Å². The third-order valence-corrected chi connectivity index (χ3v) is 3.30. The molecule has 0 bridgehead atoms. The Balaban J connectivity index is 1.73. The summed E-state index contributed by atoms with van der Waals surface area (Å²) >= 11 is 0. The summed E-state index contributed by atoms with van der Waals surface area (Å²) < 4.78 is 5.60. The van der Waals surface area contributed by atoms with E-state index < -0.39 is 0 Å². The van der Waals surface area contributed by atoms with Gasteiger partial charge in [-0.2, -0.15) is 0 Å². The zero-order valence-corrected chi connectivity index (χ0v) is 12.6. The molecule has 0 aliphatic carbocycles. The van der Waals surface area contributed by atoms with E-state index in [9.17, 15) is 4.79 Å². The standard InChI is InChI=1S/C18H21NO2/c1-3-15-6-10-17(11-7-15)21-13-12-19-18(20)16-8-4-14(2)5-9-16/h4-11H,3,12-13H2,1-2H3,(H,19,20). The van der Waals surface area contributed by atoms with E-state index in [4.69, 9.17) is 4.74 Å². The van der Waals surface area contributed by atoms with Crippen molar-refractivity contribution in [3.8, 4) is 5.75 Å². The van der Waals surface area contributed by atoms with Crippen molar-refractivity contribution >= 4 is 5.91 Å². The lowest BCUT2D eigenvalue weighted by molar-refractivity contribution is 0.0947. The summed E-state index contributed by atoms with van der Waals surface area (Å²) in [5.41, 5.74) is 3.10. The van der Waals surface area contributed by atoms with E-state index >= 15 is 0 Å². The van der Waals surface area contributed by atoms with Gasteiger partial charge in [-0.05, 0) is 43.2 Å². The minimum Gasteiger partial charge on any atom is -0.492 e. The SMILES string of the molecule is CCc1ccc(OCCNC(=O)c2ccc(C)cc2)cc1. The first-order valence-corrected chi connectivity index (χ1v) is 7.25. The first kappa shape index (κ1) is 15.1. The molecule has 0 fully saturated rings. The second kappa shape index (κ2) is 7.48. The van der Waals surface area contributed by atoms with Gasteiger partial charge in [0.15, 0.2) is 0 Å². The molecule has 3 nitrogen and oxygen atoms in total. The Bertz CT molecular complexity index is 573. The van der Waals surface area contributed by atoms with Crippen LogP contribution in [-0.2, 0) is 6.42 Å². The Morgan fingerprint density at radius 3 is 2.33 bits per heavy atom. The van der Waals surface area contributed by atoms with Crippen molar-refractivity contribution in [1.29, 1.82) is 0 Å².